The van der Waals surface area contributed by atoms with Gasteiger partial charge in [-0.3, -0.25) is 4.68 Å². The molecule has 0 amide bonds. The average Bonchev–Trinajstić information content (AvgIpc) is 2.94. The number of hydrogen-bond acceptors (Lipinski definition) is 3. The van der Waals surface area contributed by atoms with Crippen molar-refractivity contribution in [2.45, 2.75) is 38.6 Å². The first-order valence-electron chi connectivity index (χ1n) is 6.65. The van der Waals surface area contributed by atoms with Gasteiger partial charge in [0.15, 0.2) is 5.65 Å². The number of halogens is 1. The standard InChI is InChI=1S/C13H21ClN4S/c1-5-9(8-19-4)18-11(7-14)15-12-10(6-2)16-17(3)13(12)18/h9H,5-8H2,1-4H3. The number of nitrogens with zero attached hydrogens (tertiary/aromatic N) is 4. The smallest absolute Gasteiger partial charge is 0.159 e. The number of alkyl halides is 1. The van der Waals surface area contributed by atoms with Crippen molar-refractivity contribution >= 4 is 34.5 Å². The summed E-state index contributed by atoms with van der Waals surface area (Å²) in [5.74, 6) is 2.47. The van der Waals surface area contributed by atoms with E-state index in [4.69, 9.17) is 16.6 Å². The molecule has 0 aromatic carbocycles. The second-order valence-electron chi connectivity index (χ2n) is 4.65. The normalized spacial score (nSPS) is 13.3. The lowest BCUT2D eigenvalue weighted by atomic mass is 10.2. The first-order valence-corrected chi connectivity index (χ1v) is 8.58. The topological polar surface area (TPSA) is 35.6 Å². The zero-order chi connectivity index (χ0) is 14.0. The summed E-state index contributed by atoms with van der Waals surface area (Å²) in [5, 5.41) is 4.56. The third-order valence-corrected chi connectivity index (χ3v) is 4.42. The molecule has 0 N–H and O–H groups in total. The van der Waals surface area contributed by atoms with Gasteiger partial charge >= 0.3 is 0 Å². The lowest BCUT2D eigenvalue weighted by molar-refractivity contribution is 0.525. The maximum absolute atomic E-state index is 6.09. The van der Waals surface area contributed by atoms with Crippen LogP contribution in [0.2, 0.25) is 0 Å². The van der Waals surface area contributed by atoms with E-state index < -0.39 is 0 Å². The van der Waals surface area contributed by atoms with Crippen LogP contribution >= 0.6 is 23.4 Å². The van der Waals surface area contributed by atoms with E-state index in [1.807, 2.05) is 23.5 Å². The van der Waals surface area contributed by atoms with Crippen molar-refractivity contribution in [3.05, 3.63) is 11.5 Å². The lowest BCUT2D eigenvalue weighted by Crippen LogP contribution is -2.15. The number of hydrogen-bond donors (Lipinski definition) is 0. The van der Waals surface area contributed by atoms with E-state index in [1.54, 1.807) is 0 Å². The quantitative estimate of drug-likeness (QED) is 0.767. The molecule has 0 aliphatic heterocycles. The van der Waals surface area contributed by atoms with Gasteiger partial charge in [0.25, 0.3) is 0 Å². The summed E-state index contributed by atoms with van der Waals surface area (Å²) in [5.41, 5.74) is 3.18. The van der Waals surface area contributed by atoms with Crippen LogP contribution in [0.25, 0.3) is 11.2 Å². The van der Waals surface area contributed by atoms with Crippen LogP contribution in [0.3, 0.4) is 0 Å². The van der Waals surface area contributed by atoms with E-state index in [0.29, 0.717) is 11.9 Å². The predicted octanol–water partition coefficient (Wildman–Crippen LogP) is 3.39. The van der Waals surface area contributed by atoms with Gasteiger partial charge in [-0.1, -0.05) is 13.8 Å². The molecule has 0 aliphatic carbocycles. The van der Waals surface area contributed by atoms with Crippen molar-refractivity contribution in [1.29, 1.82) is 0 Å². The van der Waals surface area contributed by atoms with Crippen LogP contribution in [0.1, 0.15) is 37.8 Å². The maximum atomic E-state index is 6.09. The van der Waals surface area contributed by atoms with Gasteiger partial charge in [0.2, 0.25) is 0 Å². The van der Waals surface area contributed by atoms with Crippen molar-refractivity contribution in [3.8, 4) is 0 Å². The summed E-state index contributed by atoms with van der Waals surface area (Å²) in [7, 11) is 1.99. The Labute approximate surface area is 123 Å². The number of aryl methyl sites for hydroxylation is 2. The van der Waals surface area contributed by atoms with Crippen LogP contribution in [-0.4, -0.2) is 31.3 Å². The van der Waals surface area contributed by atoms with E-state index in [0.717, 1.165) is 41.3 Å². The zero-order valence-electron chi connectivity index (χ0n) is 12.0. The van der Waals surface area contributed by atoms with Gasteiger partial charge in [-0.15, -0.1) is 11.6 Å². The Morgan fingerprint density at radius 3 is 2.63 bits per heavy atom. The summed E-state index contributed by atoms with van der Waals surface area (Å²) >= 11 is 7.95. The number of rotatable bonds is 6. The molecule has 19 heavy (non-hydrogen) atoms. The maximum Gasteiger partial charge on any atom is 0.159 e. The van der Waals surface area contributed by atoms with Gasteiger partial charge in [0.05, 0.1) is 11.6 Å². The molecule has 6 heteroatoms. The van der Waals surface area contributed by atoms with Crippen molar-refractivity contribution in [1.82, 2.24) is 19.3 Å². The summed E-state index contributed by atoms with van der Waals surface area (Å²) in [6.45, 7) is 4.32. The third kappa shape index (κ3) is 2.50. The minimum absolute atomic E-state index is 0.425. The van der Waals surface area contributed by atoms with Crippen molar-refractivity contribution in [2.75, 3.05) is 12.0 Å². The Bertz CT molecular complexity index is 560. The second-order valence-corrected chi connectivity index (χ2v) is 5.82. The number of aromatic nitrogens is 4. The van der Waals surface area contributed by atoms with Gasteiger partial charge in [-0.05, 0) is 19.1 Å². The monoisotopic (exact) mass is 300 g/mol. The summed E-state index contributed by atoms with van der Waals surface area (Å²) < 4.78 is 4.23. The molecule has 0 bridgehead atoms. The van der Waals surface area contributed by atoms with E-state index >= 15 is 0 Å². The minimum Gasteiger partial charge on any atom is -0.308 e. The van der Waals surface area contributed by atoms with Crippen LogP contribution in [0, 0.1) is 0 Å². The van der Waals surface area contributed by atoms with Gasteiger partial charge < -0.3 is 4.57 Å². The minimum atomic E-state index is 0.425. The Kier molecular flexibility index (Phi) is 4.79. The highest BCUT2D eigenvalue weighted by Crippen LogP contribution is 2.28. The Morgan fingerprint density at radius 2 is 2.11 bits per heavy atom. The Balaban J connectivity index is 2.65. The fourth-order valence-electron chi connectivity index (χ4n) is 2.53. The predicted molar refractivity (Wildman–Crippen MR) is 83.1 cm³/mol. The molecular weight excluding hydrogens is 280 g/mol. The van der Waals surface area contributed by atoms with Gasteiger partial charge in [-0.25, -0.2) is 4.98 Å². The molecule has 1 atom stereocenters. The summed E-state index contributed by atoms with van der Waals surface area (Å²) in [6.07, 6.45) is 4.11. The lowest BCUT2D eigenvalue weighted by Gasteiger charge is -2.18. The van der Waals surface area contributed by atoms with Gasteiger partial charge in [0.1, 0.15) is 11.3 Å². The van der Waals surface area contributed by atoms with E-state index in [9.17, 15) is 0 Å². The fourth-order valence-corrected chi connectivity index (χ4v) is 3.49. The fraction of sp³-hybridized carbons (Fsp3) is 0.692. The van der Waals surface area contributed by atoms with Crippen molar-refractivity contribution in [2.24, 2.45) is 7.05 Å². The molecule has 0 spiro atoms. The van der Waals surface area contributed by atoms with Crippen molar-refractivity contribution in [3.63, 3.8) is 0 Å². The molecule has 0 saturated carbocycles. The van der Waals surface area contributed by atoms with E-state index in [-0.39, 0.29) is 0 Å². The molecule has 2 heterocycles. The Morgan fingerprint density at radius 1 is 1.37 bits per heavy atom. The van der Waals surface area contributed by atoms with Crippen molar-refractivity contribution < 1.29 is 0 Å². The average molecular weight is 301 g/mol. The van der Waals surface area contributed by atoms with Crippen LogP contribution in [0.15, 0.2) is 0 Å². The molecule has 4 nitrogen and oxygen atoms in total. The first-order chi connectivity index (χ1) is 9.17. The number of thioether (sulfide) groups is 1. The number of imidazole rings is 1. The highest BCUT2D eigenvalue weighted by molar-refractivity contribution is 7.98. The zero-order valence-corrected chi connectivity index (χ0v) is 13.6. The van der Waals surface area contributed by atoms with Crippen LogP contribution in [0.4, 0.5) is 0 Å². The largest absolute Gasteiger partial charge is 0.308 e. The third-order valence-electron chi connectivity index (χ3n) is 3.46. The van der Waals surface area contributed by atoms with E-state index in [2.05, 4.69) is 29.8 Å². The van der Waals surface area contributed by atoms with Crippen LogP contribution < -0.4 is 0 Å². The molecular formula is C13H21ClN4S. The number of fused-ring (bicyclic) bond motifs is 1. The Hall–Kier alpha value is -0.680. The summed E-state index contributed by atoms with van der Waals surface area (Å²) in [4.78, 5) is 4.71. The van der Waals surface area contributed by atoms with E-state index in [1.165, 1.54) is 0 Å². The first kappa shape index (κ1) is 14.7. The molecule has 0 saturated heterocycles. The molecule has 2 rings (SSSR count). The highest BCUT2D eigenvalue weighted by Gasteiger charge is 2.22. The van der Waals surface area contributed by atoms with Crippen LogP contribution in [0.5, 0.6) is 0 Å². The van der Waals surface area contributed by atoms with Crippen LogP contribution in [-0.2, 0) is 19.3 Å². The molecule has 2 aromatic rings. The molecule has 1 unspecified atom stereocenters. The molecule has 106 valence electrons. The molecule has 0 radical (unpaired) electrons. The van der Waals surface area contributed by atoms with Gasteiger partial charge in [-0.2, -0.15) is 16.9 Å². The molecule has 2 aromatic heterocycles. The second kappa shape index (κ2) is 6.18. The SMILES string of the molecule is CCc1nn(C)c2c1nc(CCl)n2C(CC)CSC. The highest BCUT2D eigenvalue weighted by atomic mass is 35.5. The van der Waals surface area contributed by atoms with Gasteiger partial charge in [0, 0.05) is 18.8 Å². The molecule has 0 aliphatic rings. The summed E-state index contributed by atoms with van der Waals surface area (Å²) in [6, 6.07) is 0.425. The molecule has 0 fully saturated rings.